The summed E-state index contributed by atoms with van der Waals surface area (Å²) in [6.07, 6.45) is 1.72. The second-order valence-electron chi connectivity index (χ2n) is 12.9. The van der Waals surface area contributed by atoms with Gasteiger partial charge in [-0.1, -0.05) is 41.5 Å². The van der Waals surface area contributed by atoms with Gasteiger partial charge in [0, 0.05) is 46.5 Å². The molecule has 0 amide bonds. The van der Waals surface area contributed by atoms with E-state index < -0.39 is 34.1 Å². The maximum absolute atomic E-state index is 11.5. The first-order valence-corrected chi connectivity index (χ1v) is 23.0. The van der Waals surface area contributed by atoms with E-state index in [-0.39, 0.29) is 24.3 Å². The van der Waals surface area contributed by atoms with E-state index in [2.05, 4.69) is 46.4 Å². The molecule has 0 radical (unpaired) electrons. The summed E-state index contributed by atoms with van der Waals surface area (Å²) in [5, 5.41) is 0. The van der Waals surface area contributed by atoms with E-state index in [1.54, 1.807) is 54.4 Å². The SMILES string of the molecule is CC(C)CC(C)C(C)OP(C)(C)=O.CC(C)OC(=O)C(C)C(C)OP(C)(C)=O.CCC(CN(CC)CC)OP(C)(C)=O. The Morgan fingerprint density at radius 1 is 0.667 bits per heavy atom. The highest BCUT2D eigenvalue weighted by Gasteiger charge is 2.26. The Balaban J connectivity index is -0.000000545. The zero-order chi connectivity index (χ0) is 34.1. The molecule has 0 saturated heterocycles. The molecule has 0 N–H and O–H groups in total. The average Bonchev–Trinajstić information content (AvgIpc) is 2.78. The predicted octanol–water partition coefficient (Wildman–Crippen LogP) is 8.79. The molecule has 0 aromatic heterocycles. The third-order valence-corrected chi connectivity index (χ3v) is 8.61. The zero-order valence-corrected chi connectivity index (χ0v) is 32.8. The minimum atomic E-state index is -2.56. The normalized spacial score (nSPS) is 16.1. The first-order chi connectivity index (χ1) is 18.8. The zero-order valence-electron chi connectivity index (χ0n) is 30.1. The van der Waals surface area contributed by atoms with Crippen LogP contribution in [0.3, 0.4) is 0 Å². The molecule has 0 rings (SSSR count). The lowest BCUT2D eigenvalue weighted by Crippen LogP contribution is -2.32. The Bertz CT molecular complexity index is 845. The van der Waals surface area contributed by atoms with Crippen molar-refractivity contribution >= 4 is 28.1 Å². The molecule has 5 unspecified atom stereocenters. The molecule has 256 valence electrons. The summed E-state index contributed by atoms with van der Waals surface area (Å²) in [5.74, 6) is 0.439. The number of carbonyl (C=O) groups excluding carboxylic acids is 1. The van der Waals surface area contributed by atoms with Crippen molar-refractivity contribution in [1.29, 1.82) is 0 Å². The second kappa shape index (κ2) is 22.5. The number of hydrogen-bond donors (Lipinski definition) is 0. The molecular formula is C30H68NO8P3. The van der Waals surface area contributed by atoms with Gasteiger partial charge in [0.1, 0.15) is 0 Å². The first-order valence-electron chi connectivity index (χ1n) is 15.4. The maximum Gasteiger partial charge on any atom is 0.311 e. The van der Waals surface area contributed by atoms with Crippen LogP contribution in [-0.4, -0.2) is 94.9 Å². The minimum absolute atomic E-state index is 0.100. The molecule has 42 heavy (non-hydrogen) atoms. The molecule has 0 aromatic rings. The van der Waals surface area contributed by atoms with E-state index in [4.69, 9.17) is 18.3 Å². The number of rotatable bonds is 17. The number of carbonyl (C=O) groups is 1. The lowest BCUT2D eigenvalue weighted by Gasteiger charge is -2.25. The van der Waals surface area contributed by atoms with Crippen LogP contribution in [0.2, 0.25) is 0 Å². The third kappa shape index (κ3) is 30.0. The Kier molecular flexibility index (Phi) is 24.9. The Labute approximate surface area is 260 Å². The highest BCUT2D eigenvalue weighted by atomic mass is 31.2. The predicted molar refractivity (Wildman–Crippen MR) is 181 cm³/mol. The fourth-order valence-corrected chi connectivity index (χ4v) is 6.75. The minimum Gasteiger partial charge on any atom is -0.463 e. The van der Waals surface area contributed by atoms with Gasteiger partial charge < -0.3 is 23.2 Å². The largest absolute Gasteiger partial charge is 0.463 e. The summed E-state index contributed by atoms with van der Waals surface area (Å²) in [4.78, 5) is 13.8. The number of ether oxygens (including phenoxy) is 1. The first kappa shape index (κ1) is 46.4. The van der Waals surface area contributed by atoms with Gasteiger partial charge in [-0.3, -0.25) is 18.5 Å². The van der Waals surface area contributed by atoms with Crippen molar-refractivity contribution in [3.05, 3.63) is 0 Å². The van der Waals surface area contributed by atoms with Crippen LogP contribution in [-0.2, 0) is 36.8 Å². The van der Waals surface area contributed by atoms with Gasteiger partial charge in [-0.2, -0.15) is 0 Å². The van der Waals surface area contributed by atoms with Crippen LogP contribution < -0.4 is 0 Å². The molecule has 0 aliphatic carbocycles. The van der Waals surface area contributed by atoms with Gasteiger partial charge in [0.05, 0.1) is 30.3 Å². The molecule has 0 bridgehead atoms. The molecule has 0 aliphatic heterocycles. The fraction of sp³-hybridized carbons (Fsp3) is 0.967. The van der Waals surface area contributed by atoms with Crippen LogP contribution in [0.15, 0.2) is 0 Å². The van der Waals surface area contributed by atoms with Gasteiger partial charge >= 0.3 is 5.97 Å². The maximum atomic E-state index is 11.5. The number of nitrogens with zero attached hydrogens (tertiary/aromatic N) is 1. The van der Waals surface area contributed by atoms with Crippen molar-refractivity contribution in [2.45, 2.75) is 113 Å². The van der Waals surface area contributed by atoms with Gasteiger partial charge in [-0.05, 0) is 72.4 Å². The molecule has 0 aliphatic rings. The molecule has 0 fully saturated rings. The van der Waals surface area contributed by atoms with E-state index in [0.29, 0.717) is 11.8 Å². The molecule has 0 saturated carbocycles. The molecular weight excluding hydrogens is 595 g/mol. The fourth-order valence-electron chi connectivity index (χ4n) is 3.83. The van der Waals surface area contributed by atoms with Gasteiger partial charge in [-0.15, -0.1) is 0 Å². The van der Waals surface area contributed by atoms with Gasteiger partial charge in [0.2, 0.25) is 0 Å². The van der Waals surface area contributed by atoms with E-state index in [1.807, 2.05) is 6.92 Å². The lowest BCUT2D eigenvalue weighted by molar-refractivity contribution is -0.154. The van der Waals surface area contributed by atoms with Gasteiger partial charge in [0.25, 0.3) is 0 Å². The van der Waals surface area contributed by atoms with Crippen molar-refractivity contribution in [1.82, 2.24) is 4.90 Å². The van der Waals surface area contributed by atoms with Crippen molar-refractivity contribution < 1.29 is 36.8 Å². The van der Waals surface area contributed by atoms with E-state index >= 15 is 0 Å². The Morgan fingerprint density at radius 2 is 1.07 bits per heavy atom. The topological polar surface area (TPSA) is 108 Å². The van der Waals surface area contributed by atoms with Crippen LogP contribution in [0.4, 0.5) is 0 Å². The Morgan fingerprint density at radius 3 is 1.38 bits per heavy atom. The number of likely N-dealkylation sites (N-methyl/N-ethyl adjacent to an activating group) is 1. The summed E-state index contributed by atoms with van der Waals surface area (Å²) >= 11 is 0. The molecule has 0 heterocycles. The monoisotopic (exact) mass is 663 g/mol. The summed E-state index contributed by atoms with van der Waals surface area (Å²) in [6.45, 7) is 34.6. The second-order valence-corrected chi connectivity index (χ2v) is 21.0. The number of hydrogen-bond acceptors (Lipinski definition) is 9. The van der Waals surface area contributed by atoms with Crippen LogP contribution in [0.5, 0.6) is 0 Å². The van der Waals surface area contributed by atoms with Crippen LogP contribution in [0, 0.1) is 17.8 Å². The van der Waals surface area contributed by atoms with Gasteiger partial charge in [-0.25, -0.2) is 0 Å². The van der Waals surface area contributed by atoms with Crippen LogP contribution in [0.25, 0.3) is 0 Å². The summed E-state index contributed by atoms with van der Waals surface area (Å²) in [6, 6.07) is 0. The van der Waals surface area contributed by atoms with Crippen LogP contribution >= 0.6 is 22.1 Å². The molecule has 5 atom stereocenters. The molecule has 0 spiro atoms. The molecule has 0 aromatic carbocycles. The standard InChI is InChI=1S/C10H24NO2P.C10H21O4P.C10H23O2P/c1-6-10(13-14(4,5)12)9-11(7-2)8-3;1-7(2)13-10(11)8(3)9(4)14-15(5,6)12;1-8(2)7-9(3)10(4)12-13(5,6)11/h10H,6-9H2,1-5H3;7-9H,1-6H3;8-10H,7H2,1-6H3. The van der Waals surface area contributed by atoms with Crippen molar-refractivity contribution in [2.24, 2.45) is 17.8 Å². The van der Waals surface area contributed by atoms with E-state index in [1.165, 1.54) is 13.3 Å². The summed E-state index contributed by atoms with van der Waals surface area (Å²) in [7, 11) is -7.22. The third-order valence-electron chi connectivity index (χ3n) is 6.13. The molecule has 12 heteroatoms. The van der Waals surface area contributed by atoms with E-state index in [9.17, 15) is 18.5 Å². The Hall–Kier alpha value is -0.0000000000000000555. The highest BCUT2D eigenvalue weighted by Crippen LogP contribution is 2.41. The smallest absolute Gasteiger partial charge is 0.311 e. The highest BCUT2D eigenvalue weighted by molar-refractivity contribution is 7.57. The summed E-state index contributed by atoms with van der Waals surface area (Å²) in [5.41, 5.74) is 0. The number of esters is 1. The van der Waals surface area contributed by atoms with E-state index in [0.717, 1.165) is 32.5 Å². The van der Waals surface area contributed by atoms with Crippen molar-refractivity contribution in [3.8, 4) is 0 Å². The lowest BCUT2D eigenvalue weighted by atomic mass is 9.95. The quantitative estimate of drug-likeness (QED) is 0.111. The van der Waals surface area contributed by atoms with Crippen molar-refractivity contribution in [3.63, 3.8) is 0 Å². The van der Waals surface area contributed by atoms with Gasteiger partial charge in [0.15, 0.2) is 22.1 Å². The summed E-state index contributed by atoms with van der Waals surface area (Å²) < 4.78 is 55.6. The molecule has 9 nitrogen and oxygen atoms in total. The van der Waals surface area contributed by atoms with Crippen molar-refractivity contribution in [2.75, 3.05) is 59.6 Å². The average molecular weight is 664 g/mol. The van der Waals surface area contributed by atoms with Crippen LogP contribution in [0.1, 0.15) is 89.0 Å².